The topological polar surface area (TPSA) is 24.8 Å². The van der Waals surface area contributed by atoms with Crippen LogP contribution in [0.25, 0.3) is 0 Å². The second-order valence-electron chi connectivity index (χ2n) is 6.98. The molecule has 0 aromatic heterocycles. The highest BCUT2D eigenvalue weighted by Gasteiger charge is 2.41. The van der Waals surface area contributed by atoms with E-state index in [0.717, 1.165) is 39.0 Å². The fourth-order valence-corrected chi connectivity index (χ4v) is 4.51. The highest BCUT2D eigenvalue weighted by molar-refractivity contribution is 9.10. The Kier molecular flexibility index (Phi) is 4.99. The van der Waals surface area contributed by atoms with Gasteiger partial charge in [0.1, 0.15) is 5.75 Å². The van der Waals surface area contributed by atoms with Crippen LogP contribution in [0.3, 0.4) is 0 Å². The van der Waals surface area contributed by atoms with Crippen LogP contribution < -0.4 is 4.74 Å². The molecule has 5 rings (SSSR count). The van der Waals surface area contributed by atoms with Gasteiger partial charge in [-0.3, -0.25) is 0 Å². The van der Waals surface area contributed by atoms with Gasteiger partial charge in [-0.25, -0.2) is 5.01 Å². The number of ether oxygens (including phenoxy) is 1. The van der Waals surface area contributed by atoms with Crippen LogP contribution >= 0.6 is 50.7 Å². The first-order valence-corrected chi connectivity index (χ1v) is 10.9. The van der Waals surface area contributed by atoms with Crippen molar-refractivity contribution < 1.29 is 4.74 Å². The summed E-state index contributed by atoms with van der Waals surface area (Å²) in [6, 6.07) is 19.4. The van der Waals surface area contributed by atoms with Gasteiger partial charge in [0.2, 0.25) is 6.23 Å². The van der Waals surface area contributed by atoms with Crippen LogP contribution in [0.2, 0.25) is 15.1 Å². The molecule has 29 heavy (non-hydrogen) atoms. The summed E-state index contributed by atoms with van der Waals surface area (Å²) in [5, 5.41) is 8.61. The third-order valence-corrected chi connectivity index (χ3v) is 6.66. The molecule has 0 saturated heterocycles. The van der Waals surface area contributed by atoms with Crippen molar-refractivity contribution in [1.82, 2.24) is 5.01 Å². The number of nitrogens with zero attached hydrogens (tertiary/aromatic N) is 2. The van der Waals surface area contributed by atoms with Crippen molar-refractivity contribution in [2.24, 2.45) is 5.10 Å². The zero-order chi connectivity index (χ0) is 20.1. The molecule has 2 aliphatic rings. The van der Waals surface area contributed by atoms with Crippen molar-refractivity contribution in [3.63, 3.8) is 0 Å². The number of hydrazone groups is 1. The van der Waals surface area contributed by atoms with E-state index in [2.05, 4.69) is 28.1 Å². The summed E-state index contributed by atoms with van der Waals surface area (Å²) in [5.41, 5.74) is 4.01. The third kappa shape index (κ3) is 3.53. The van der Waals surface area contributed by atoms with E-state index in [9.17, 15) is 0 Å². The second-order valence-corrected chi connectivity index (χ2v) is 9.15. The smallest absolute Gasteiger partial charge is 0.213 e. The van der Waals surface area contributed by atoms with Crippen LogP contribution in [0.15, 0.2) is 70.2 Å². The van der Waals surface area contributed by atoms with E-state index < -0.39 is 6.23 Å². The molecule has 2 aliphatic heterocycles. The fraction of sp³-hybridized carbons (Fsp3) is 0.136. The van der Waals surface area contributed by atoms with Crippen LogP contribution in [0.4, 0.5) is 0 Å². The Hall–Kier alpha value is -1.72. The van der Waals surface area contributed by atoms with Crippen molar-refractivity contribution >= 4 is 56.4 Å². The molecule has 2 heterocycles. The number of fused-ring (bicyclic) bond motifs is 3. The quantitative estimate of drug-likeness (QED) is 0.355. The molecule has 146 valence electrons. The number of hydrogen-bond donors (Lipinski definition) is 0. The number of hydrogen-bond acceptors (Lipinski definition) is 3. The number of benzene rings is 3. The Bertz CT molecular complexity index is 1130. The first kappa shape index (κ1) is 19.3. The highest BCUT2D eigenvalue weighted by atomic mass is 79.9. The van der Waals surface area contributed by atoms with Gasteiger partial charge in [-0.05, 0) is 48.0 Å². The normalized spacial score (nSPS) is 20.0. The van der Waals surface area contributed by atoms with E-state index in [4.69, 9.17) is 44.6 Å². The van der Waals surface area contributed by atoms with Crippen molar-refractivity contribution in [2.45, 2.75) is 18.7 Å². The summed E-state index contributed by atoms with van der Waals surface area (Å²) in [4.78, 5) is 0. The Morgan fingerprint density at radius 2 is 1.72 bits per heavy atom. The zero-order valence-corrected chi connectivity index (χ0v) is 18.8. The molecule has 0 spiro atoms. The fourth-order valence-electron chi connectivity index (χ4n) is 3.76. The molecule has 3 aromatic rings. The lowest BCUT2D eigenvalue weighted by molar-refractivity contribution is -0.0190. The van der Waals surface area contributed by atoms with Gasteiger partial charge in [0.25, 0.3) is 0 Å². The standard InChI is InChI=1S/C22H14BrCl3N2O/c23-14-4-1-12(2-5-14)19-11-20-16-10-15(24)6-8-21(16)29-22(28(20)27-19)13-3-7-17(25)18(26)9-13/h1-10,20,22H,11H2/t20-,22+/m1/s1. The lowest BCUT2D eigenvalue weighted by Gasteiger charge is -2.38. The molecule has 2 atom stereocenters. The predicted octanol–water partition coefficient (Wildman–Crippen LogP) is 7.65. The molecule has 3 nitrogen and oxygen atoms in total. The molecule has 0 amide bonds. The maximum atomic E-state index is 6.34. The molecular formula is C22H14BrCl3N2O. The minimum atomic E-state index is -0.406. The summed E-state index contributed by atoms with van der Waals surface area (Å²) in [6.45, 7) is 0. The number of halogens is 4. The summed E-state index contributed by atoms with van der Waals surface area (Å²) >= 11 is 22.2. The third-order valence-electron chi connectivity index (χ3n) is 5.16. The van der Waals surface area contributed by atoms with Crippen LogP contribution in [-0.2, 0) is 0 Å². The zero-order valence-electron chi connectivity index (χ0n) is 14.9. The Labute approximate surface area is 192 Å². The monoisotopic (exact) mass is 506 g/mol. The Morgan fingerprint density at radius 3 is 2.48 bits per heavy atom. The van der Waals surface area contributed by atoms with Gasteiger partial charge in [0, 0.05) is 27.0 Å². The predicted molar refractivity (Wildman–Crippen MR) is 121 cm³/mol. The molecular weight excluding hydrogens is 495 g/mol. The highest BCUT2D eigenvalue weighted by Crippen LogP contribution is 2.48. The Morgan fingerprint density at radius 1 is 0.931 bits per heavy atom. The van der Waals surface area contributed by atoms with E-state index in [-0.39, 0.29) is 6.04 Å². The van der Waals surface area contributed by atoms with Gasteiger partial charge in [0.15, 0.2) is 0 Å². The maximum absolute atomic E-state index is 6.34. The summed E-state index contributed by atoms with van der Waals surface area (Å²) in [7, 11) is 0. The molecule has 0 unspecified atom stereocenters. The van der Waals surface area contributed by atoms with Crippen molar-refractivity contribution in [3.8, 4) is 5.75 Å². The lowest BCUT2D eigenvalue weighted by Crippen LogP contribution is -2.33. The Balaban J connectivity index is 1.61. The van der Waals surface area contributed by atoms with Gasteiger partial charge in [-0.1, -0.05) is 68.9 Å². The molecule has 0 N–H and O–H groups in total. The summed E-state index contributed by atoms with van der Waals surface area (Å²) in [5.74, 6) is 0.805. The van der Waals surface area contributed by atoms with Crippen molar-refractivity contribution in [3.05, 3.63) is 96.9 Å². The average Bonchev–Trinajstić information content (AvgIpc) is 3.16. The van der Waals surface area contributed by atoms with Crippen LogP contribution in [-0.4, -0.2) is 10.7 Å². The first-order chi connectivity index (χ1) is 14.0. The maximum Gasteiger partial charge on any atom is 0.213 e. The van der Waals surface area contributed by atoms with Gasteiger partial charge < -0.3 is 4.74 Å². The number of rotatable bonds is 2. The molecule has 0 radical (unpaired) electrons. The summed E-state index contributed by atoms with van der Waals surface area (Å²) < 4.78 is 7.37. The SMILES string of the molecule is Clc1ccc2c(c1)[C@H]1CC(c3ccc(Br)cc3)=NN1[C@H](c1ccc(Cl)c(Cl)c1)O2. The van der Waals surface area contributed by atoms with Crippen molar-refractivity contribution in [2.75, 3.05) is 0 Å². The molecule has 0 bridgehead atoms. The molecule has 7 heteroatoms. The minimum absolute atomic E-state index is 0.0237. The van der Waals surface area contributed by atoms with Crippen LogP contribution in [0, 0.1) is 0 Å². The van der Waals surface area contributed by atoms with E-state index in [0.29, 0.717) is 15.1 Å². The minimum Gasteiger partial charge on any atom is -0.464 e. The van der Waals surface area contributed by atoms with Crippen molar-refractivity contribution in [1.29, 1.82) is 0 Å². The van der Waals surface area contributed by atoms with E-state index in [1.807, 2.05) is 47.5 Å². The molecule has 3 aromatic carbocycles. The van der Waals surface area contributed by atoms with Gasteiger partial charge in [0.05, 0.1) is 21.8 Å². The van der Waals surface area contributed by atoms with Crippen LogP contribution in [0.5, 0.6) is 5.75 Å². The average molecular weight is 509 g/mol. The molecule has 0 saturated carbocycles. The molecule has 0 aliphatic carbocycles. The second kappa shape index (κ2) is 7.51. The molecule has 0 fully saturated rings. The van der Waals surface area contributed by atoms with Crippen LogP contribution in [0.1, 0.15) is 35.4 Å². The largest absolute Gasteiger partial charge is 0.464 e. The lowest BCUT2D eigenvalue weighted by atomic mass is 9.96. The summed E-state index contributed by atoms with van der Waals surface area (Å²) in [6.07, 6.45) is 0.354. The van der Waals surface area contributed by atoms with Gasteiger partial charge in [-0.15, -0.1) is 0 Å². The van der Waals surface area contributed by atoms with E-state index in [1.54, 1.807) is 6.07 Å². The van der Waals surface area contributed by atoms with E-state index in [1.165, 1.54) is 0 Å². The van der Waals surface area contributed by atoms with E-state index >= 15 is 0 Å². The first-order valence-electron chi connectivity index (χ1n) is 9.02. The van der Waals surface area contributed by atoms with Gasteiger partial charge in [-0.2, -0.15) is 5.10 Å². The van der Waals surface area contributed by atoms with Gasteiger partial charge >= 0.3 is 0 Å².